The number of rotatable bonds is 2. The van der Waals surface area contributed by atoms with E-state index in [0.29, 0.717) is 17.8 Å². The second-order valence-electron chi connectivity index (χ2n) is 10.7. The molecule has 0 spiro atoms. The Kier molecular flexibility index (Phi) is 4.92. The van der Waals surface area contributed by atoms with Crippen molar-refractivity contribution in [3.8, 4) is 0 Å². The molecule has 32 heavy (non-hydrogen) atoms. The smallest absolute Gasteiger partial charge is 0.434 e. The van der Waals surface area contributed by atoms with Gasteiger partial charge in [-0.2, -0.15) is 13.2 Å². The van der Waals surface area contributed by atoms with Crippen molar-refractivity contribution in [3.63, 3.8) is 0 Å². The minimum Gasteiger partial charge on any atom is -0.462 e. The summed E-state index contributed by atoms with van der Waals surface area (Å²) in [6.07, 6.45) is 9.27. The Balaban J connectivity index is 1.39. The number of hydrogen-bond donors (Lipinski definition) is 0. The van der Waals surface area contributed by atoms with E-state index in [2.05, 4.69) is 31.0 Å². The van der Waals surface area contributed by atoms with Crippen LogP contribution in [0.1, 0.15) is 71.4 Å². The third-order valence-electron chi connectivity index (χ3n) is 9.08. The standard InChI is InChI=1S/C25H31F3N2O2/c1-15(31)32-17-8-10-23(2)16(12-17)4-5-18-19-6-7-22(24(19,3)11-9-20(18)23)30-13-21(29-14-30)25(26,27)28/h4,7,13-14,17-20H,5-6,8-12H2,1-3H3/t17-,18?,19?,20?,23-,24-/m0/s1. The molecule has 0 radical (unpaired) electrons. The van der Waals surface area contributed by atoms with E-state index in [9.17, 15) is 18.0 Å². The zero-order valence-corrected chi connectivity index (χ0v) is 18.9. The van der Waals surface area contributed by atoms with Crippen LogP contribution in [-0.2, 0) is 15.7 Å². The van der Waals surface area contributed by atoms with Gasteiger partial charge in [-0.3, -0.25) is 4.79 Å². The first-order valence-corrected chi connectivity index (χ1v) is 11.7. The van der Waals surface area contributed by atoms with Crippen molar-refractivity contribution in [2.75, 3.05) is 0 Å². The highest BCUT2D eigenvalue weighted by Gasteiger charge is 2.57. The Morgan fingerprint density at radius 3 is 2.56 bits per heavy atom. The quantitative estimate of drug-likeness (QED) is 0.397. The van der Waals surface area contributed by atoms with Crippen molar-refractivity contribution in [2.24, 2.45) is 28.6 Å². The zero-order chi connectivity index (χ0) is 22.9. The number of alkyl halides is 3. The largest absolute Gasteiger partial charge is 0.462 e. The number of halogens is 3. The monoisotopic (exact) mass is 448 g/mol. The average molecular weight is 449 g/mol. The van der Waals surface area contributed by atoms with Crippen molar-refractivity contribution < 1.29 is 22.7 Å². The summed E-state index contributed by atoms with van der Waals surface area (Å²) >= 11 is 0. The summed E-state index contributed by atoms with van der Waals surface area (Å²) in [5, 5.41) is 0. The fourth-order valence-electron chi connectivity index (χ4n) is 7.51. The molecule has 4 aliphatic carbocycles. The van der Waals surface area contributed by atoms with Gasteiger partial charge in [0.05, 0.1) is 6.33 Å². The number of hydrogen-bond acceptors (Lipinski definition) is 3. The number of ether oxygens (including phenoxy) is 1. The van der Waals surface area contributed by atoms with Gasteiger partial charge in [-0.25, -0.2) is 4.98 Å². The second kappa shape index (κ2) is 7.22. The second-order valence-corrected chi connectivity index (χ2v) is 10.7. The molecule has 0 bridgehead atoms. The van der Waals surface area contributed by atoms with Crippen LogP contribution >= 0.6 is 0 Å². The molecule has 5 rings (SSSR count). The predicted molar refractivity (Wildman–Crippen MR) is 114 cm³/mol. The van der Waals surface area contributed by atoms with Crippen LogP contribution in [0.3, 0.4) is 0 Å². The Morgan fingerprint density at radius 1 is 1.12 bits per heavy atom. The van der Waals surface area contributed by atoms with Gasteiger partial charge in [0.1, 0.15) is 6.10 Å². The Morgan fingerprint density at radius 2 is 1.88 bits per heavy atom. The van der Waals surface area contributed by atoms with E-state index < -0.39 is 11.9 Å². The van der Waals surface area contributed by atoms with Gasteiger partial charge in [0.25, 0.3) is 0 Å². The van der Waals surface area contributed by atoms with E-state index in [1.54, 1.807) is 4.57 Å². The normalized spacial score (nSPS) is 38.8. The lowest BCUT2D eigenvalue weighted by Crippen LogP contribution is -2.50. The zero-order valence-electron chi connectivity index (χ0n) is 18.9. The lowest BCUT2D eigenvalue weighted by Gasteiger charge is -2.57. The van der Waals surface area contributed by atoms with Gasteiger partial charge in [0.15, 0.2) is 5.69 Å². The lowest BCUT2D eigenvalue weighted by molar-refractivity contribution is -0.148. The van der Waals surface area contributed by atoms with Crippen LogP contribution < -0.4 is 0 Å². The van der Waals surface area contributed by atoms with Crippen molar-refractivity contribution >= 4 is 11.7 Å². The number of aromatic nitrogens is 2. The molecule has 1 aromatic rings. The molecule has 0 saturated heterocycles. The maximum atomic E-state index is 13.1. The van der Waals surface area contributed by atoms with Gasteiger partial charge in [0, 0.05) is 30.7 Å². The third-order valence-corrected chi connectivity index (χ3v) is 9.08. The van der Waals surface area contributed by atoms with E-state index in [0.717, 1.165) is 56.8 Å². The Bertz CT molecular complexity index is 994. The highest BCUT2D eigenvalue weighted by atomic mass is 19.4. The maximum Gasteiger partial charge on any atom is 0.434 e. The molecule has 2 fully saturated rings. The highest BCUT2D eigenvalue weighted by Crippen LogP contribution is 2.65. The predicted octanol–water partition coefficient (Wildman–Crippen LogP) is 6.25. The average Bonchev–Trinajstić information content (AvgIpc) is 3.32. The van der Waals surface area contributed by atoms with Crippen LogP contribution in [0.15, 0.2) is 30.2 Å². The van der Waals surface area contributed by atoms with Gasteiger partial charge < -0.3 is 9.30 Å². The van der Waals surface area contributed by atoms with Crippen molar-refractivity contribution in [2.45, 2.75) is 78.0 Å². The topological polar surface area (TPSA) is 44.1 Å². The minimum atomic E-state index is -4.42. The number of carbonyl (C=O) groups is 1. The molecule has 0 aromatic carbocycles. The van der Waals surface area contributed by atoms with Gasteiger partial charge in [0.2, 0.25) is 0 Å². The van der Waals surface area contributed by atoms with Gasteiger partial charge in [-0.05, 0) is 61.7 Å². The Labute approximate surface area is 186 Å². The van der Waals surface area contributed by atoms with E-state index in [-0.39, 0.29) is 22.9 Å². The minimum absolute atomic E-state index is 0.0129. The summed E-state index contributed by atoms with van der Waals surface area (Å²) in [7, 11) is 0. The number of nitrogens with zero attached hydrogens (tertiary/aromatic N) is 2. The lowest BCUT2D eigenvalue weighted by atomic mass is 9.48. The van der Waals surface area contributed by atoms with E-state index in [1.807, 2.05) is 0 Å². The van der Waals surface area contributed by atoms with Gasteiger partial charge in [-0.1, -0.05) is 31.6 Å². The summed E-state index contributed by atoms with van der Waals surface area (Å²) in [4.78, 5) is 15.1. The third kappa shape index (κ3) is 3.26. The maximum absolute atomic E-state index is 13.1. The molecule has 2 saturated carbocycles. The summed E-state index contributed by atoms with van der Waals surface area (Å²) < 4.78 is 46.4. The van der Waals surface area contributed by atoms with Crippen molar-refractivity contribution in [1.82, 2.24) is 9.55 Å². The van der Waals surface area contributed by atoms with Crippen LogP contribution in [0.25, 0.3) is 5.70 Å². The van der Waals surface area contributed by atoms with Crippen LogP contribution in [-0.4, -0.2) is 21.6 Å². The number of allylic oxidation sites excluding steroid dienone is 3. The van der Waals surface area contributed by atoms with E-state index in [1.165, 1.54) is 18.8 Å². The fraction of sp³-hybridized carbons (Fsp3) is 0.680. The van der Waals surface area contributed by atoms with E-state index >= 15 is 0 Å². The molecule has 4 nitrogen and oxygen atoms in total. The molecule has 0 amide bonds. The number of imidazole rings is 1. The number of carbonyl (C=O) groups excluding carboxylic acids is 1. The number of fused-ring (bicyclic) bond motifs is 5. The number of esters is 1. The molecule has 7 heteroatoms. The molecular formula is C25H31F3N2O2. The summed E-state index contributed by atoms with van der Waals surface area (Å²) in [5.41, 5.74) is 1.57. The molecule has 1 heterocycles. The first-order chi connectivity index (χ1) is 15.0. The molecule has 0 N–H and O–H groups in total. The molecule has 1 aromatic heterocycles. The SMILES string of the molecule is CC(=O)O[C@H]1CC[C@@]2(C)C(=CCC3C2CC[C@]2(C)C(n4cnc(C(F)(F)F)c4)=CCC32)C1. The molecule has 174 valence electrons. The van der Waals surface area contributed by atoms with Crippen LogP contribution in [0.5, 0.6) is 0 Å². The summed E-state index contributed by atoms with van der Waals surface area (Å²) in [5.74, 6) is 1.31. The molecular weight excluding hydrogens is 417 g/mol. The first-order valence-electron chi connectivity index (χ1n) is 11.7. The molecule has 3 unspecified atom stereocenters. The van der Waals surface area contributed by atoms with Crippen LogP contribution in [0, 0.1) is 28.6 Å². The molecule has 0 aliphatic heterocycles. The van der Waals surface area contributed by atoms with Crippen molar-refractivity contribution in [1.29, 1.82) is 0 Å². The molecule has 4 aliphatic rings. The van der Waals surface area contributed by atoms with Crippen LogP contribution in [0.4, 0.5) is 13.2 Å². The van der Waals surface area contributed by atoms with E-state index in [4.69, 9.17) is 4.74 Å². The Hall–Kier alpha value is -2.05. The molecule has 6 atom stereocenters. The fourth-order valence-corrected chi connectivity index (χ4v) is 7.51. The summed E-state index contributed by atoms with van der Waals surface area (Å²) in [6, 6.07) is 0. The first kappa shape index (κ1) is 21.8. The van der Waals surface area contributed by atoms with Crippen molar-refractivity contribution in [3.05, 3.63) is 35.9 Å². The summed E-state index contributed by atoms with van der Waals surface area (Å²) in [6.45, 7) is 6.10. The van der Waals surface area contributed by atoms with Gasteiger partial charge >= 0.3 is 12.1 Å². The van der Waals surface area contributed by atoms with Gasteiger partial charge in [-0.15, -0.1) is 0 Å². The van der Waals surface area contributed by atoms with Crippen LogP contribution in [0.2, 0.25) is 0 Å². The highest BCUT2D eigenvalue weighted by molar-refractivity contribution is 5.66.